The van der Waals surface area contributed by atoms with Gasteiger partial charge in [-0.25, -0.2) is 9.59 Å². The minimum Gasteiger partial charge on any atom is -0.494 e. The Hall–Kier alpha value is -4.07. The van der Waals surface area contributed by atoms with Crippen LogP contribution >= 0.6 is 0 Å². The second-order valence-corrected chi connectivity index (χ2v) is 12.7. The summed E-state index contributed by atoms with van der Waals surface area (Å²) in [6.07, 6.45) is 11.9. The van der Waals surface area contributed by atoms with Gasteiger partial charge in [0.1, 0.15) is 11.5 Å². The number of alkyl halides is 3. The quantitative estimate of drug-likeness (QED) is 0.0428. The van der Waals surface area contributed by atoms with Crippen molar-refractivity contribution < 1.29 is 37.0 Å². The van der Waals surface area contributed by atoms with Gasteiger partial charge in [-0.05, 0) is 78.4 Å². The Kier molecular flexibility index (Phi) is 18.2. The third-order valence-electron chi connectivity index (χ3n) is 8.52. The fourth-order valence-electron chi connectivity index (χ4n) is 5.51. The molecule has 272 valence electrons. The summed E-state index contributed by atoms with van der Waals surface area (Å²) in [6, 6.07) is 21.3. The van der Waals surface area contributed by atoms with Crippen molar-refractivity contribution in [2.24, 2.45) is 0 Å². The number of carbonyl (C=O) groups is 2. The first-order valence-electron chi connectivity index (χ1n) is 18.3. The topological polar surface area (TPSA) is 61.8 Å². The lowest BCUT2D eigenvalue weighted by Gasteiger charge is -2.19. The summed E-state index contributed by atoms with van der Waals surface area (Å²) in [5.41, 5.74) is 2.87. The van der Waals surface area contributed by atoms with E-state index in [0.29, 0.717) is 30.6 Å². The van der Waals surface area contributed by atoms with E-state index in [1.807, 2.05) is 36.4 Å². The molecule has 0 bridgehead atoms. The Balaban J connectivity index is 1.36. The van der Waals surface area contributed by atoms with Crippen molar-refractivity contribution in [3.63, 3.8) is 0 Å². The second kappa shape index (κ2) is 22.6. The third-order valence-corrected chi connectivity index (χ3v) is 8.52. The summed E-state index contributed by atoms with van der Waals surface area (Å²) >= 11 is 0. The number of rotatable bonds is 23. The van der Waals surface area contributed by atoms with Crippen LogP contribution in [0.1, 0.15) is 126 Å². The summed E-state index contributed by atoms with van der Waals surface area (Å²) in [7, 11) is 0. The number of esters is 2. The van der Waals surface area contributed by atoms with Crippen LogP contribution in [0.3, 0.4) is 0 Å². The molecule has 0 fully saturated rings. The molecule has 0 aliphatic heterocycles. The molecule has 0 saturated heterocycles. The molecule has 3 aromatic rings. The predicted molar refractivity (Wildman–Crippen MR) is 194 cm³/mol. The van der Waals surface area contributed by atoms with Gasteiger partial charge in [-0.15, -0.1) is 0 Å². The van der Waals surface area contributed by atoms with Gasteiger partial charge in [-0.2, -0.15) is 13.2 Å². The van der Waals surface area contributed by atoms with Crippen molar-refractivity contribution in [2.75, 3.05) is 6.61 Å². The highest BCUT2D eigenvalue weighted by molar-refractivity contribution is 5.91. The smallest absolute Gasteiger partial charge is 0.425 e. The highest BCUT2D eigenvalue weighted by Gasteiger charge is 2.41. The molecular formula is C42H53F3O5. The fourth-order valence-corrected chi connectivity index (χ4v) is 5.51. The lowest BCUT2D eigenvalue weighted by molar-refractivity contribution is -0.220. The number of benzene rings is 3. The summed E-state index contributed by atoms with van der Waals surface area (Å²) in [5.74, 6) is -0.475. The summed E-state index contributed by atoms with van der Waals surface area (Å²) in [5, 5.41) is 0. The van der Waals surface area contributed by atoms with Crippen LogP contribution in [0.2, 0.25) is 0 Å². The SMILES string of the molecule is CCCCCCCCCCCCCCOc1ccc(-c2ccc(C(=O)Oc3ccc(C=CC(=O)O[C@@H](CCCC)C(F)(F)F)cc3)cc2)cc1. The van der Waals surface area contributed by atoms with Crippen molar-refractivity contribution in [3.8, 4) is 22.6 Å². The molecule has 0 saturated carbocycles. The Morgan fingerprint density at radius 1 is 0.640 bits per heavy atom. The standard InChI is InChI=1S/C42H53F3O5/c1-3-5-7-8-9-10-11-12-13-14-15-16-32-48-37-29-25-35(26-30-37)34-21-23-36(24-22-34)41(47)49-38-27-18-33(19-28-38)20-31-40(46)50-39(17-6-4-2)42(43,44)45/h18-31,39H,3-17,32H2,1-2H3/t39-/m0/s1. The number of ether oxygens (including phenoxy) is 3. The molecule has 0 unspecified atom stereocenters. The van der Waals surface area contributed by atoms with Gasteiger partial charge in [0.25, 0.3) is 0 Å². The summed E-state index contributed by atoms with van der Waals surface area (Å²) < 4.78 is 55.4. The molecule has 3 rings (SSSR count). The average Bonchev–Trinajstić information content (AvgIpc) is 3.11. The summed E-state index contributed by atoms with van der Waals surface area (Å²) in [4.78, 5) is 24.7. The van der Waals surface area contributed by atoms with Crippen molar-refractivity contribution in [1.29, 1.82) is 0 Å². The molecule has 0 aliphatic carbocycles. The first kappa shape index (κ1) is 40.4. The van der Waals surface area contributed by atoms with E-state index in [1.165, 1.54) is 76.7 Å². The van der Waals surface area contributed by atoms with Crippen LogP contribution in [0.4, 0.5) is 13.2 Å². The Bertz CT molecular complexity index is 1410. The van der Waals surface area contributed by atoms with Gasteiger partial charge in [0.2, 0.25) is 0 Å². The first-order chi connectivity index (χ1) is 24.2. The zero-order valence-corrected chi connectivity index (χ0v) is 29.6. The van der Waals surface area contributed by atoms with E-state index < -0.39 is 24.2 Å². The van der Waals surface area contributed by atoms with Gasteiger partial charge in [-0.1, -0.05) is 127 Å². The molecule has 8 heteroatoms. The van der Waals surface area contributed by atoms with E-state index in [2.05, 4.69) is 11.7 Å². The zero-order chi connectivity index (χ0) is 36.0. The van der Waals surface area contributed by atoms with Crippen LogP contribution in [0, 0.1) is 0 Å². The van der Waals surface area contributed by atoms with Gasteiger partial charge < -0.3 is 14.2 Å². The van der Waals surface area contributed by atoms with Gasteiger partial charge in [-0.3, -0.25) is 0 Å². The maximum atomic E-state index is 13.1. The van der Waals surface area contributed by atoms with Crippen molar-refractivity contribution in [3.05, 3.63) is 90.0 Å². The monoisotopic (exact) mass is 694 g/mol. The van der Waals surface area contributed by atoms with Crippen molar-refractivity contribution in [1.82, 2.24) is 0 Å². The minimum atomic E-state index is -4.61. The molecule has 50 heavy (non-hydrogen) atoms. The normalized spacial score (nSPS) is 12.2. The predicted octanol–water partition coefficient (Wildman–Crippen LogP) is 12.3. The molecule has 3 aromatic carbocycles. The molecule has 0 amide bonds. The Labute approximate surface area is 296 Å². The van der Waals surface area contributed by atoms with Crippen molar-refractivity contribution in [2.45, 2.75) is 122 Å². The highest BCUT2D eigenvalue weighted by Crippen LogP contribution is 2.27. The minimum absolute atomic E-state index is 0.273. The van der Waals surface area contributed by atoms with Crippen LogP contribution in [-0.2, 0) is 9.53 Å². The maximum absolute atomic E-state index is 13.1. The van der Waals surface area contributed by atoms with Gasteiger partial charge in [0.15, 0.2) is 6.10 Å². The lowest BCUT2D eigenvalue weighted by atomic mass is 10.0. The highest BCUT2D eigenvalue weighted by atomic mass is 19.4. The van der Waals surface area contributed by atoms with Crippen LogP contribution in [0.15, 0.2) is 78.9 Å². The molecule has 0 radical (unpaired) electrons. The van der Waals surface area contributed by atoms with E-state index in [4.69, 9.17) is 9.47 Å². The van der Waals surface area contributed by atoms with E-state index in [0.717, 1.165) is 29.4 Å². The second-order valence-electron chi connectivity index (χ2n) is 12.7. The van der Waals surface area contributed by atoms with E-state index in [9.17, 15) is 22.8 Å². The Morgan fingerprint density at radius 2 is 1.14 bits per heavy atom. The first-order valence-corrected chi connectivity index (χ1v) is 18.3. The van der Waals surface area contributed by atoms with E-state index in [1.54, 1.807) is 43.3 Å². The van der Waals surface area contributed by atoms with Gasteiger partial charge in [0, 0.05) is 6.08 Å². The van der Waals surface area contributed by atoms with Crippen LogP contribution in [-0.4, -0.2) is 30.8 Å². The maximum Gasteiger partial charge on any atom is 0.425 e. The molecule has 0 aliphatic rings. The number of carbonyl (C=O) groups excluding carboxylic acids is 2. The molecule has 5 nitrogen and oxygen atoms in total. The molecule has 0 heterocycles. The largest absolute Gasteiger partial charge is 0.494 e. The van der Waals surface area contributed by atoms with E-state index >= 15 is 0 Å². The molecule has 0 N–H and O–H groups in total. The van der Waals surface area contributed by atoms with Crippen LogP contribution in [0.25, 0.3) is 17.2 Å². The van der Waals surface area contributed by atoms with Crippen molar-refractivity contribution >= 4 is 18.0 Å². The van der Waals surface area contributed by atoms with Crippen LogP contribution < -0.4 is 9.47 Å². The lowest BCUT2D eigenvalue weighted by Crippen LogP contribution is -2.33. The van der Waals surface area contributed by atoms with Gasteiger partial charge in [0.05, 0.1) is 12.2 Å². The number of halogens is 3. The molecular weight excluding hydrogens is 641 g/mol. The average molecular weight is 695 g/mol. The van der Waals surface area contributed by atoms with E-state index in [-0.39, 0.29) is 12.2 Å². The Morgan fingerprint density at radius 3 is 1.68 bits per heavy atom. The van der Waals surface area contributed by atoms with Crippen LogP contribution in [0.5, 0.6) is 11.5 Å². The third kappa shape index (κ3) is 15.6. The zero-order valence-electron chi connectivity index (χ0n) is 29.6. The van der Waals surface area contributed by atoms with Gasteiger partial charge >= 0.3 is 18.1 Å². The molecule has 0 spiro atoms. The summed E-state index contributed by atoms with van der Waals surface area (Å²) in [6.45, 7) is 4.74. The molecule has 0 aromatic heterocycles. The fraction of sp³-hybridized carbons (Fsp3) is 0.476. The number of hydrogen-bond donors (Lipinski definition) is 0. The molecule has 1 atom stereocenters. The number of hydrogen-bond acceptors (Lipinski definition) is 5. The number of unbranched alkanes of at least 4 members (excludes halogenated alkanes) is 12.